The van der Waals surface area contributed by atoms with Gasteiger partial charge in [-0.3, -0.25) is 4.90 Å². The molecule has 0 saturated carbocycles. The third-order valence-corrected chi connectivity index (χ3v) is 5.76. The fourth-order valence-corrected chi connectivity index (χ4v) is 4.08. The molecular weight excluding hydrogens is 254 g/mol. The van der Waals surface area contributed by atoms with Gasteiger partial charge in [0, 0.05) is 24.5 Å². The number of hydrogen-bond acceptors (Lipinski definition) is 1. The Bertz CT molecular complexity index is 544. The molecule has 2 aliphatic rings. The highest BCUT2D eigenvalue weighted by atomic mass is 15.2. The minimum absolute atomic E-state index is 0.320. The molecule has 0 bridgehead atoms. The van der Waals surface area contributed by atoms with Crippen LogP contribution in [0.3, 0.4) is 0 Å². The summed E-state index contributed by atoms with van der Waals surface area (Å²) in [5.41, 5.74) is 3.05. The van der Waals surface area contributed by atoms with Crippen molar-refractivity contribution < 1.29 is 0 Å². The van der Waals surface area contributed by atoms with Crippen molar-refractivity contribution in [1.29, 1.82) is 0 Å². The maximum absolute atomic E-state index is 4.17. The standard InChI is InChI=1S/C20H27N/c1-15(2)18-10-11-20(4)16(3)13-21(19(20)12-18)14-17-8-6-5-7-9-17/h5-11,16,18-19H,1,12-14H2,2-4H3/t16-,18+,19-,20-/m1/s1. The minimum atomic E-state index is 0.320. The van der Waals surface area contributed by atoms with Gasteiger partial charge in [0.05, 0.1) is 0 Å². The molecule has 1 aliphatic carbocycles. The fourth-order valence-electron chi connectivity index (χ4n) is 4.08. The second-order valence-electron chi connectivity index (χ2n) is 7.25. The smallest absolute Gasteiger partial charge is 0.0237 e. The van der Waals surface area contributed by atoms with Gasteiger partial charge in [-0.15, -0.1) is 0 Å². The van der Waals surface area contributed by atoms with Crippen LogP contribution in [0.1, 0.15) is 32.8 Å². The summed E-state index contributed by atoms with van der Waals surface area (Å²) < 4.78 is 0. The van der Waals surface area contributed by atoms with Crippen molar-refractivity contribution in [2.75, 3.05) is 6.54 Å². The Morgan fingerprint density at radius 1 is 1.33 bits per heavy atom. The van der Waals surface area contributed by atoms with E-state index in [0.29, 0.717) is 23.3 Å². The number of fused-ring (bicyclic) bond motifs is 1. The van der Waals surface area contributed by atoms with Gasteiger partial charge in [-0.1, -0.05) is 68.5 Å². The van der Waals surface area contributed by atoms with Crippen molar-refractivity contribution in [3.05, 3.63) is 60.2 Å². The maximum atomic E-state index is 4.17. The van der Waals surface area contributed by atoms with Gasteiger partial charge in [-0.25, -0.2) is 0 Å². The first-order chi connectivity index (χ1) is 10.0. The van der Waals surface area contributed by atoms with Gasteiger partial charge in [0.15, 0.2) is 0 Å². The lowest BCUT2D eigenvalue weighted by atomic mass is 9.68. The zero-order valence-electron chi connectivity index (χ0n) is 13.5. The first kappa shape index (κ1) is 14.6. The van der Waals surface area contributed by atoms with Crippen molar-refractivity contribution in [2.24, 2.45) is 17.3 Å². The monoisotopic (exact) mass is 281 g/mol. The molecule has 1 nitrogen and oxygen atoms in total. The summed E-state index contributed by atoms with van der Waals surface area (Å²) in [5, 5.41) is 0. The molecule has 112 valence electrons. The molecule has 1 heterocycles. The van der Waals surface area contributed by atoms with Crippen molar-refractivity contribution in [3.63, 3.8) is 0 Å². The molecule has 1 heteroatoms. The summed E-state index contributed by atoms with van der Waals surface area (Å²) in [6.45, 7) is 13.5. The van der Waals surface area contributed by atoms with E-state index in [1.165, 1.54) is 24.1 Å². The highest BCUT2D eigenvalue weighted by Gasteiger charge is 2.49. The second kappa shape index (κ2) is 5.46. The lowest BCUT2D eigenvalue weighted by Crippen LogP contribution is -2.41. The molecule has 0 spiro atoms. The molecule has 1 fully saturated rings. The number of allylic oxidation sites excluding steroid dienone is 2. The highest BCUT2D eigenvalue weighted by Crippen LogP contribution is 2.49. The van der Waals surface area contributed by atoms with Crippen LogP contribution in [-0.2, 0) is 6.54 Å². The maximum Gasteiger partial charge on any atom is 0.0237 e. The molecule has 1 aromatic rings. The summed E-state index contributed by atoms with van der Waals surface area (Å²) in [5.74, 6) is 1.26. The van der Waals surface area contributed by atoms with E-state index in [0.717, 1.165) is 6.54 Å². The van der Waals surface area contributed by atoms with Crippen LogP contribution in [0.2, 0.25) is 0 Å². The van der Waals surface area contributed by atoms with Crippen LogP contribution in [0.5, 0.6) is 0 Å². The molecule has 1 aliphatic heterocycles. The Kier molecular flexibility index (Phi) is 3.79. The third-order valence-electron chi connectivity index (χ3n) is 5.76. The first-order valence-corrected chi connectivity index (χ1v) is 8.13. The normalized spacial score (nSPS) is 35.7. The Morgan fingerprint density at radius 3 is 2.71 bits per heavy atom. The minimum Gasteiger partial charge on any atom is -0.295 e. The Labute approximate surface area is 129 Å². The molecule has 1 saturated heterocycles. The molecule has 0 aromatic heterocycles. The first-order valence-electron chi connectivity index (χ1n) is 8.13. The van der Waals surface area contributed by atoms with Gasteiger partial charge in [0.1, 0.15) is 0 Å². The fraction of sp³-hybridized carbons (Fsp3) is 0.500. The summed E-state index contributed by atoms with van der Waals surface area (Å²) in [7, 11) is 0. The van der Waals surface area contributed by atoms with E-state index in [-0.39, 0.29) is 0 Å². The van der Waals surface area contributed by atoms with Crippen molar-refractivity contribution in [2.45, 2.75) is 39.8 Å². The quantitative estimate of drug-likeness (QED) is 0.728. The van der Waals surface area contributed by atoms with Gasteiger partial charge in [0.2, 0.25) is 0 Å². The number of rotatable bonds is 3. The third kappa shape index (κ3) is 2.60. The lowest BCUT2D eigenvalue weighted by molar-refractivity contribution is 0.158. The second-order valence-corrected chi connectivity index (χ2v) is 7.25. The van der Waals surface area contributed by atoms with Crippen LogP contribution in [0.4, 0.5) is 0 Å². The Hall–Kier alpha value is -1.34. The van der Waals surface area contributed by atoms with Gasteiger partial charge in [-0.05, 0) is 30.7 Å². The molecule has 4 atom stereocenters. The molecule has 3 rings (SSSR count). The van der Waals surface area contributed by atoms with Crippen molar-refractivity contribution in [3.8, 4) is 0 Å². The van der Waals surface area contributed by atoms with Crippen molar-refractivity contribution >= 4 is 0 Å². The summed E-state index contributed by atoms with van der Waals surface area (Å²) in [6, 6.07) is 11.5. The molecule has 0 amide bonds. The van der Waals surface area contributed by atoms with Crippen molar-refractivity contribution in [1.82, 2.24) is 4.90 Å². The van der Waals surface area contributed by atoms with Crippen LogP contribution in [0, 0.1) is 17.3 Å². The highest BCUT2D eigenvalue weighted by molar-refractivity contribution is 5.23. The molecule has 1 aromatic carbocycles. The molecular formula is C20H27N. The van der Waals surface area contributed by atoms with Crippen LogP contribution in [0.15, 0.2) is 54.6 Å². The van der Waals surface area contributed by atoms with Gasteiger partial charge in [0.25, 0.3) is 0 Å². The predicted molar refractivity (Wildman–Crippen MR) is 90.0 cm³/mol. The van der Waals surface area contributed by atoms with Gasteiger partial charge < -0.3 is 0 Å². The van der Waals surface area contributed by atoms with Crippen LogP contribution in [-0.4, -0.2) is 17.5 Å². The summed E-state index contributed by atoms with van der Waals surface area (Å²) >= 11 is 0. The number of benzene rings is 1. The van der Waals surface area contributed by atoms with E-state index in [1.807, 2.05) is 0 Å². The van der Waals surface area contributed by atoms with Gasteiger partial charge in [-0.2, -0.15) is 0 Å². The molecule has 0 unspecified atom stereocenters. The molecule has 0 N–H and O–H groups in total. The number of hydrogen-bond donors (Lipinski definition) is 0. The van der Waals surface area contributed by atoms with E-state index in [2.05, 4.69) is 74.7 Å². The topological polar surface area (TPSA) is 3.24 Å². The Balaban J connectivity index is 1.84. The summed E-state index contributed by atoms with van der Waals surface area (Å²) in [6.07, 6.45) is 6.11. The van der Waals surface area contributed by atoms with Crippen LogP contribution in [0.25, 0.3) is 0 Å². The molecule has 21 heavy (non-hydrogen) atoms. The zero-order chi connectivity index (χ0) is 15.0. The van der Waals surface area contributed by atoms with E-state index in [4.69, 9.17) is 0 Å². The Morgan fingerprint density at radius 2 is 2.05 bits per heavy atom. The average Bonchev–Trinajstić information content (AvgIpc) is 2.71. The van der Waals surface area contributed by atoms with Crippen LogP contribution < -0.4 is 0 Å². The van der Waals surface area contributed by atoms with E-state index in [1.54, 1.807) is 0 Å². The lowest BCUT2D eigenvalue weighted by Gasteiger charge is -2.40. The SMILES string of the molecule is C=C(C)[C@H]1C=C[C@]2(C)[C@H](C)CN(Cc3ccccc3)[C@@H]2C1. The molecule has 0 radical (unpaired) electrons. The number of likely N-dealkylation sites (tertiary alicyclic amines) is 1. The average molecular weight is 281 g/mol. The predicted octanol–water partition coefficient (Wildman–Crippen LogP) is 4.67. The van der Waals surface area contributed by atoms with E-state index in [9.17, 15) is 0 Å². The summed E-state index contributed by atoms with van der Waals surface area (Å²) in [4.78, 5) is 2.69. The van der Waals surface area contributed by atoms with Crippen LogP contribution >= 0.6 is 0 Å². The number of nitrogens with zero attached hydrogens (tertiary/aromatic N) is 1. The zero-order valence-corrected chi connectivity index (χ0v) is 13.5. The van der Waals surface area contributed by atoms with Gasteiger partial charge >= 0.3 is 0 Å². The largest absolute Gasteiger partial charge is 0.295 e. The van der Waals surface area contributed by atoms with E-state index >= 15 is 0 Å². The van der Waals surface area contributed by atoms with E-state index < -0.39 is 0 Å².